The minimum absolute atomic E-state index is 0.0498. The van der Waals surface area contributed by atoms with Crippen LogP contribution in [0, 0.1) is 11.8 Å². The Kier molecular flexibility index (Phi) is 5.72. The van der Waals surface area contributed by atoms with Gasteiger partial charge in [-0.05, 0) is 18.9 Å². The van der Waals surface area contributed by atoms with E-state index in [1.165, 1.54) is 0 Å². The minimum atomic E-state index is 0.0498. The highest BCUT2D eigenvalue weighted by Gasteiger charge is 2.10. The zero-order chi connectivity index (χ0) is 9.56. The van der Waals surface area contributed by atoms with Crippen molar-refractivity contribution in [2.24, 2.45) is 17.6 Å². The van der Waals surface area contributed by atoms with Crippen LogP contribution in [-0.4, -0.2) is 19.0 Å². The highest BCUT2D eigenvalue weighted by Crippen LogP contribution is 1.99. The van der Waals surface area contributed by atoms with Crippen LogP contribution < -0.4 is 11.1 Å². The quantitative estimate of drug-likeness (QED) is 0.642. The van der Waals surface area contributed by atoms with Crippen molar-refractivity contribution in [1.82, 2.24) is 5.32 Å². The number of hydrogen-bond donors (Lipinski definition) is 2. The van der Waals surface area contributed by atoms with Crippen LogP contribution >= 0.6 is 0 Å². The van der Waals surface area contributed by atoms with Crippen LogP contribution in [0.4, 0.5) is 0 Å². The normalized spacial score (nSPS) is 13.1. The highest BCUT2D eigenvalue weighted by atomic mass is 16.1. The Balaban J connectivity index is 3.57. The molecule has 0 aliphatic heterocycles. The summed E-state index contributed by atoms with van der Waals surface area (Å²) in [7, 11) is 0. The van der Waals surface area contributed by atoms with Crippen LogP contribution in [0.5, 0.6) is 0 Å². The Morgan fingerprint density at radius 1 is 1.42 bits per heavy atom. The summed E-state index contributed by atoms with van der Waals surface area (Å²) in [4.78, 5) is 11.3. The maximum atomic E-state index is 11.3. The summed E-state index contributed by atoms with van der Waals surface area (Å²) < 4.78 is 0. The van der Waals surface area contributed by atoms with Crippen molar-refractivity contribution in [2.45, 2.75) is 27.2 Å². The van der Waals surface area contributed by atoms with E-state index in [2.05, 4.69) is 19.2 Å². The molecule has 0 aromatic carbocycles. The molecule has 0 spiro atoms. The molecule has 0 radical (unpaired) electrons. The van der Waals surface area contributed by atoms with Crippen molar-refractivity contribution < 1.29 is 4.79 Å². The van der Waals surface area contributed by atoms with Crippen molar-refractivity contribution in [3.05, 3.63) is 0 Å². The second-order valence-electron chi connectivity index (χ2n) is 3.62. The highest BCUT2D eigenvalue weighted by molar-refractivity contribution is 5.78. The monoisotopic (exact) mass is 172 g/mol. The van der Waals surface area contributed by atoms with Crippen molar-refractivity contribution in [3.63, 3.8) is 0 Å². The molecule has 72 valence electrons. The number of nitrogens with one attached hydrogen (secondary N) is 1. The predicted molar refractivity (Wildman–Crippen MR) is 50.7 cm³/mol. The van der Waals surface area contributed by atoms with Gasteiger partial charge in [-0.2, -0.15) is 0 Å². The molecule has 3 N–H and O–H groups in total. The molecule has 0 heterocycles. The molecule has 0 aromatic rings. The van der Waals surface area contributed by atoms with Crippen molar-refractivity contribution >= 4 is 5.91 Å². The number of hydrogen-bond acceptors (Lipinski definition) is 2. The molecule has 0 bridgehead atoms. The summed E-state index contributed by atoms with van der Waals surface area (Å²) in [6, 6.07) is 0. The molecule has 1 unspecified atom stereocenters. The van der Waals surface area contributed by atoms with Crippen LogP contribution in [-0.2, 0) is 4.79 Å². The number of carbonyl (C=O) groups excluding carboxylic acids is 1. The van der Waals surface area contributed by atoms with Gasteiger partial charge in [-0.3, -0.25) is 4.79 Å². The molecule has 0 rings (SSSR count). The SMILES string of the molecule is CC(C)CNC(=O)C(C)CCN. The van der Waals surface area contributed by atoms with Crippen molar-refractivity contribution in [3.8, 4) is 0 Å². The summed E-state index contributed by atoms with van der Waals surface area (Å²) >= 11 is 0. The maximum Gasteiger partial charge on any atom is 0.222 e. The summed E-state index contributed by atoms with van der Waals surface area (Å²) in [5.74, 6) is 0.682. The number of carbonyl (C=O) groups is 1. The van der Waals surface area contributed by atoms with Gasteiger partial charge in [-0.1, -0.05) is 20.8 Å². The second-order valence-corrected chi connectivity index (χ2v) is 3.62. The van der Waals surface area contributed by atoms with E-state index < -0.39 is 0 Å². The summed E-state index contributed by atoms with van der Waals surface area (Å²) in [6.45, 7) is 7.40. The van der Waals surface area contributed by atoms with Crippen LogP contribution in [0.1, 0.15) is 27.2 Å². The van der Waals surface area contributed by atoms with Gasteiger partial charge < -0.3 is 11.1 Å². The Morgan fingerprint density at radius 2 is 2.00 bits per heavy atom. The number of nitrogens with two attached hydrogens (primary N) is 1. The molecule has 0 saturated heterocycles. The van der Waals surface area contributed by atoms with Gasteiger partial charge in [0.25, 0.3) is 0 Å². The molecule has 0 aromatic heterocycles. The van der Waals surface area contributed by atoms with E-state index in [1.54, 1.807) is 0 Å². The first-order valence-corrected chi connectivity index (χ1v) is 4.55. The molecule has 3 heteroatoms. The van der Waals surface area contributed by atoms with E-state index in [1.807, 2.05) is 6.92 Å². The predicted octanol–water partition coefficient (Wildman–Crippen LogP) is 0.743. The van der Waals surface area contributed by atoms with Crippen LogP contribution in [0.3, 0.4) is 0 Å². The molecule has 3 nitrogen and oxygen atoms in total. The van der Waals surface area contributed by atoms with E-state index in [9.17, 15) is 4.79 Å². The van der Waals surface area contributed by atoms with Gasteiger partial charge in [0.2, 0.25) is 5.91 Å². The molecule has 0 saturated carbocycles. The fourth-order valence-corrected chi connectivity index (χ4v) is 0.860. The third-order valence-electron chi connectivity index (χ3n) is 1.73. The van der Waals surface area contributed by atoms with Gasteiger partial charge in [0.1, 0.15) is 0 Å². The van der Waals surface area contributed by atoms with Gasteiger partial charge in [-0.15, -0.1) is 0 Å². The molecule has 0 fully saturated rings. The van der Waals surface area contributed by atoms with Crippen molar-refractivity contribution in [1.29, 1.82) is 0 Å². The van der Waals surface area contributed by atoms with Crippen LogP contribution in [0.15, 0.2) is 0 Å². The van der Waals surface area contributed by atoms with Gasteiger partial charge in [0.05, 0.1) is 0 Å². The van der Waals surface area contributed by atoms with E-state index in [4.69, 9.17) is 5.73 Å². The molecular weight excluding hydrogens is 152 g/mol. The lowest BCUT2D eigenvalue weighted by molar-refractivity contribution is -0.124. The average Bonchev–Trinajstić information content (AvgIpc) is 2.00. The first-order valence-electron chi connectivity index (χ1n) is 4.55. The molecule has 12 heavy (non-hydrogen) atoms. The Labute approximate surface area is 74.7 Å². The number of amides is 1. The van der Waals surface area contributed by atoms with E-state index in [0.29, 0.717) is 12.5 Å². The lowest BCUT2D eigenvalue weighted by Gasteiger charge is -2.12. The fraction of sp³-hybridized carbons (Fsp3) is 0.889. The zero-order valence-corrected chi connectivity index (χ0v) is 8.26. The topological polar surface area (TPSA) is 55.1 Å². The first-order chi connectivity index (χ1) is 5.57. The van der Waals surface area contributed by atoms with Crippen LogP contribution in [0.25, 0.3) is 0 Å². The smallest absolute Gasteiger partial charge is 0.222 e. The third kappa shape index (κ3) is 5.13. The zero-order valence-electron chi connectivity index (χ0n) is 8.26. The Morgan fingerprint density at radius 3 is 2.42 bits per heavy atom. The summed E-state index contributed by atoms with van der Waals surface area (Å²) in [5, 5.41) is 2.87. The molecular formula is C9H20N2O. The fourth-order valence-electron chi connectivity index (χ4n) is 0.860. The molecule has 1 atom stereocenters. The van der Waals surface area contributed by atoms with Gasteiger partial charge in [0.15, 0.2) is 0 Å². The van der Waals surface area contributed by atoms with E-state index >= 15 is 0 Å². The summed E-state index contributed by atoms with van der Waals surface area (Å²) in [6.07, 6.45) is 0.768. The molecule has 1 amide bonds. The van der Waals surface area contributed by atoms with E-state index in [-0.39, 0.29) is 11.8 Å². The van der Waals surface area contributed by atoms with Gasteiger partial charge >= 0.3 is 0 Å². The van der Waals surface area contributed by atoms with E-state index in [0.717, 1.165) is 13.0 Å². The Bertz CT molecular complexity index is 134. The molecule has 0 aliphatic carbocycles. The minimum Gasteiger partial charge on any atom is -0.356 e. The Hall–Kier alpha value is -0.570. The van der Waals surface area contributed by atoms with Crippen LogP contribution in [0.2, 0.25) is 0 Å². The van der Waals surface area contributed by atoms with Crippen molar-refractivity contribution in [2.75, 3.05) is 13.1 Å². The first kappa shape index (κ1) is 11.4. The second kappa shape index (κ2) is 6.00. The standard InChI is InChI=1S/C9H20N2O/c1-7(2)6-11-9(12)8(3)4-5-10/h7-8H,4-6,10H2,1-3H3,(H,11,12). The lowest BCUT2D eigenvalue weighted by Crippen LogP contribution is -2.32. The summed E-state index contributed by atoms with van der Waals surface area (Å²) in [5.41, 5.74) is 5.34. The number of rotatable bonds is 5. The lowest BCUT2D eigenvalue weighted by atomic mass is 10.1. The van der Waals surface area contributed by atoms with Gasteiger partial charge in [-0.25, -0.2) is 0 Å². The average molecular weight is 172 g/mol. The largest absolute Gasteiger partial charge is 0.356 e. The molecule has 0 aliphatic rings. The van der Waals surface area contributed by atoms with Gasteiger partial charge in [0, 0.05) is 12.5 Å². The maximum absolute atomic E-state index is 11.3. The third-order valence-corrected chi connectivity index (χ3v) is 1.73.